The fourth-order valence-corrected chi connectivity index (χ4v) is 3.36. The summed E-state index contributed by atoms with van der Waals surface area (Å²) in [6.07, 6.45) is 1.79. The van der Waals surface area contributed by atoms with Crippen molar-refractivity contribution in [3.05, 3.63) is 48.0 Å². The molecule has 1 aromatic carbocycles. The van der Waals surface area contributed by atoms with Gasteiger partial charge in [-0.15, -0.1) is 5.10 Å². The van der Waals surface area contributed by atoms with Crippen LogP contribution >= 0.6 is 0 Å². The summed E-state index contributed by atoms with van der Waals surface area (Å²) in [6, 6.07) is 12.2. The van der Waals surface area contributed by atoms with Crippen LogP contribution in [0.3, 0.4) is 0 Å². The van der Waals surface area contributed by atoms with Gasteiger partial charge in [0.15, 0.2) is 5.65 Å². The number of carbonyl (C=O) groups is 2. The van der Waals surface area contributed by atoms with E-state index in [0.29, 0.717) is 11.2 Å². The number of hydrogen-bond donors (Lipinski definition) is 1. The Balaban J connectivity index is 1.39. The zero-order valence-corrected chi connectivity index (χ0v) is 15.3. The third-order valence-electron chi connectivity index (χ3n) is 5.10. The minimum atomic E-state index is -2.79. The number of carbonyl (C=O) groups excluding carboxylic acids is 2. The number of likely N-dealkylation sites (tertiary alicyclic amines) is 1. The molecule has 9 heteroatoms. The van der Waals surface area contributed by atoms with Gasteiger partial charge in [-0.2, -0.15) is 4.98 Å². The van der Waals surface area contributed by atoms with Crippen LogP contribution in [0.2, 0.25) is 0 Å². The first-order valence-corrected chi connectivity index (χ1v) is 9.34. The van der Waals surface area contributed by atoms with Crippen LogP contribution < -0.4 is 5.32 Å². The van der Waals surface area contributed by atoms with Gasteiger partial charge in [-0.3, -0.25) is 14.9 Å². The van der Waals surface area contributed by atoms with Crippen molar-refractivity contribution >= 4 is 23.4 Å². The average molecular weight is 397 g/mol. The van der Waals surface area contributed by atoms with E-state index in [1.165, 1.54) is 0 Å². The summed E-state index contributed by atoms with van der Waals surface area (Å²) >= 11 is 0. The maximum Gasteiger partial charge on any atom is 0.282 e. The molecule has 2 amide bonds. The molecule has 3 heterocycles. The van der Waals surface area contributed by atoms with Crippen LogP contribution in [0, 0.1) is 5.92 Å². The SMILES string of the molecule is O=C(Nc1nc2cccc(-c3ccc(C(=O)N4CC(F)(F)C4)cc3)n2n1)C1CC1. The first-order valence-electron chi connectivity index (χ1n) is 9.34. The highest BCUT2D eigenvalue weighted by molar-refractivity contribution is 5.95. The molecule has 1 saturated heterocycles. The number of fused-ring (bicyclic) bond motifs is 1. The summed E-state index contributed by atoms with van der Waals surface area (Å²) < 4.78 is 27.6. The molecule has 0 radical (unpaired) electrons. The minimum Gasteiger partial charge on any atom is -0.326 e. The first-order chi connectivity index (χ1) is 13.9. The number of pyridine rings is 1. The molecule has 29 heavy (non-hydrogen) atoms. The predicted molar refractivity (Wildman–Crippen MR) is 101 cm³/mol. The van der Waals surface area contributed by atoms with E-state index >= 15 is 0 Å². The number of amides is 2. The van der Waals surface area contributed by atoms with Crippen molar-refractivity contribution in [3.8, 4) is 11.3 Å². The molecule has 0 bridgehead atoms. The molecule has 148 valence electrons. The van der Waals surface area contributed by atoms with E-state index in [2.05, 4.69) is 15.4 Å². The van der Waals surface area contributed by atoms with Gasteiger partial charge >= 0.3 is 0 Å². The average Bonchev–Trinajstić information content (AvgIpc) is 3.45. The van der Waals surface area contributed by atoms with Crippen molar-refractivity contribution < 1.29 is 18.4 Å². The highest BCUT2D eigenvalue weighted by Crippen LogP contribution is 2.30. The molecule has 0 spiro atoms. The van der Waals surface area contributed by atoms with Crippen molar-refractivity contribution in [2.75, 3.05) is 18.4 Å². The summed E-state index contributed by atoms with van der Waals surface area (Å²) in [7, 11) is 0. The maximum atomic E-state index is 13.0. The van der Waals surface area contributed by atoms with Crippen molar-refractivity contribution in [1.29, 1.82) is 0 Å². The Morgan fingerprint density at radius 3 is 2.45 bits per heavy atom. The molecule has 1 aliphatic heterocycles. The molecular weight excluding hydrogens is 380 g/mol. The standard InChI is InChI=1S/C20H17F2N5O2/c21-20(22)10-26(11-20)18(29)14-8-4-12(5-9-14)15-2-1-3-16-23-19(25-27(15)16)24-17(28)13-6-7-13/h1-5,8-9,13H,6-7,10-11H2,(H,24,25,28). The molecule has 2 aliphatic rings. The Kier molecular flexibility index (Phi) is 3.87. The zero-order valence-electron chi connectivity index (χ0n) is 15.3. The second-order valence-electron chi connectivity index (χ2n) is 7.47. The predicted octanol–water partition coefficient (Wildman–Crippen LogP) is 2.84. The first kappa shape index (κ1) is 17.7. The second kappa shape index (κ2) is 6.33. The molecular formula is C20H17F2N5O2. The van der Waals surface area contributed by atoms with E-state index < -0.39 is 24.9 Å². The number of nitrogens with one attached hydrogen (secondary N) is 1. The fourth-order valence-electron chi connectivity index (χ4n) is 3.36. The monoisotopic (exact) mass is 397 g/mol. The Labute approximate surface area is 164 Å². The lowest BCUT2D eigenvalue weighted by Crippen LogP contribution is -2.58. The third-order valence-corrected chi connectivity index (χ3v) is 5.10. The summed E-state index contributed by atoms with van der Waals surface area (Å²) in [5.41, 5.74) is 2.45. The fraction of sp³-hybridized carbons (Fsp3) is 0.300. The number of hydrogen-bond acceptors (Lipinski definition) is 4. The number of benzene rings is 1. The van der Waals surface area contributed by atoms with E-state index in [1.807, 2.05) is 12.1 Å². The van der Waals surface area contributed by atoms with Crippen LogP contribution in [-0.4, -0.2) is 50.3 Å². The Morgan fingerprint density at radius 2 is 1.79 bits per heavy atom. The maximum absolute atomic E-state index is 13.0. The molecule has 1 aliphatic carbocycles. The van der Waals surface area contributed by atoms with Gasteiger partial charge in [0.05, 0.1) is 18.8 Å². The normalized spacial score (nSPS) is 17.8. The molecule has 5 rings (SSSR count). The topological polar surface area (TPSA) is 79.6 Å². The number of halogens is 2. The Bertz CT molecular complexity index is 1110. The largest absolute Gasteiger partial charge is 0.326 e. The van der Waals surface area contributed by atoms with E-state index in [4.69, 9.17) is 0 Å². The van der Waals surface area contributed by atoms with Crippen molar-refractivity contribution in [1.82, 2.24) is 19.5 Å². The quantitative estimate of drug-likeness (QED) is 0.734. The number of aromatic nitrogens is 3. The van der Waals surface area contributed by atoms with Gasteiger partial charge in [-0.1, -0.05) is 18.2 Å². The molecule has 2 aromatic heterocycles. The van der Waals surface area contributed by atoms with Gasteiger partial charge in [-0.25, -0.2) is 13.3 Å². The van der Waals surface area contributed by atoms with Crippen molar-refractivity contribution in [2.45, 2.75) is 18.8 Å². The highest BCUT2D eigenvalue weighted by Gasteiger charge is 2.46. The summed E-state index contributed by atoms with van der Waals surface area (Å²) in [5, 5.41) is 7.11. The van der Waals surface area contributed by atoms with Crippen molar-refractivity contribution in [2.24, 2.45) is 5.92 Å². The molecule has 3 aromatic rings. The lowest BCUT2D eigenvalue weighted by atomic mass is 10.0. The van der Waals surface area contributed by atoms with Crippen LogP contribution in [0.15, 0.2) is 42.5 Å². The molecule has 0 unspecified atom stereocenters. The van der Waals surface area contributed by atoms with E-state index in [1.54, 1.807) is 34.8 Å². The van der Waals surface area contributed by atoms with Crippen molar-refractivity contribution in [3.63, 3.8) is 0 Å². The number of nitrogens with zero attached hydrogens (tertiary/aromatic N) is 4. The van der Waals surface area contributed by atoms with Crippen LogP contribution in [0.25, 0.3) is 16.9 Å². The smallest absolute Gasteiger partial charge is 0.282 e. The van der Waals surface area contributed by atoms with Gasteiger partial charge in [0.1, 0.15) is 0 Å². The van der Waals surface area contributed by atoms with E-state index in [0.717, 1.165) is 29.0 Å². The molecule has 1 saturated carbocycles. The van der Waals surface area contributed by atoms with Gasteiger partial charge < -0.3 is 4.90 Å². The van der Waals surface area contributed by atoms with Gasteiger partial charge in [-0.05, 0) is 37.1 Å². The zero-order chi connectivity index (χ0) is 20.2. The summed E-state index contributed by atoms with van der Waals surface area (Å²) in [6.45, 7) is -1.08. The number of anilines is 1. The van der Waals surface area contributed by atoms with Crippen LogP contribution in [0.4, 0.5) is 14.7 Å². The van der Waals surface area contributed by atoms with Gasteiger partial charge in [0.2, 0.25) is 11.9 Å². The lowest BCUT2D eigenvalue weighted by Gasteiger charge is -2.38. The second-order valence-corrected chi connectivity index (χ2v) is 7.47. The summed E-state index contributed by atoms with van der Waals surface area (Å²) in [4.78, 5) is 29.7. The lowest BCUT2D eigenvalue weighted by molar-refractivity contribution is -0.117. The highest BCUT2D eigenvalue weighted by atomic mass is 19.3. The number of alkyl halides is 2. The van der Waals surface area contributed by atoms with E-state index in [9.17, 15) is 18.4 Å². The van der Waals surface area contributed by atoms with Crippen LogP contribution in [0.5, 0.6) is 0 Å². The van der Waals surface area contributed by atoms with Crippen LogP contribution in [-0.2, 0) is 4.79 Å². The van der Waals surface area contributed by atoms with Gasteiger partial charge in [0.25, 0.3) is 11.8 Å². The summed E-state index contributed by atoms with van der Waals surface area (Å²) in [5.74, 6) is -2.96. The third kappa shape index (κ3) is 3.32. The Hall–Kier alpha value is -3.36. The molecule has 7 nitrogen and oxygen atoms in total. The molecule has 1 N–H and O–H groups in total. The number of rotatable bonds is 4. The van der Waals surface area contributed by atoms with E-state index in [-0.39, 0.29) is 17.8 Å². The molecule has 0 atom stereocenters. The van der Waals surface area contributed by atoms with Crippen LogP contribution in [0.1, 0.15) is 23.2 Å². The van der Waals surface area contributed by atoms with Gasteiger partial charge in [0, 0.05) is 17.0 Å². The Morgan fingerprint density at radius 1 is 1.07 bits per heavy atom. The minimum absolute atomic E-state index is 0.0533. The molecule has 2 fully saturated rings.